The lowest BCUT2D eigenvalue weighted by Gasteiger charge is -2.31. The minimum Gasteiger partial charge on any atom is -0.492 e. The number of carboxylic acid groups (broad SMARTS) is 1. The van der Waals surface area contributed by atoms with Gasteiger partial charge >= 0.3 is 5.97 Å². The van der Waals surface area contributed by atoms with Gasteiger partial charge in [0.1, 0.15) is 18.2 Å². The summed E-state index contributed by atoms with van der Waals surface area (Å²) in [6.45, 7) is 5.06. The van der Waals surface area contributed by atoms with E-state index in [0.717, 1.165) is 55.9 Å². The average Bonchev–Trinajstić information content (AvgIpc) is 3.17. The lowest BCUT2D eigenvalue weighted by Crippen LogP contribution is -2.36. The molecule has 1 aliphatic heterocycles. The van der Waals surface area contributed by atoms with E-state index >= 15 is 0 Å². The molecule has 0 unspecified atom stereocenters. The Morgan fingerprint density at radius 3 is 2.53 bits per heavy atom. The first-order valence-electron chi connectivity index (χ1n) is 11.2. The Kier molecular flexibility index (Phi) is 7.39. The van der Waals surface area contributed by atoms with Crippen LogP contribution in [-0.2, 0) is 22.5 Å². The highest BCUT2D eigenvalue weighted by Gasteiger charge is 2.25. The van der Waals surface area contributed by atoms with Crippen molar-refractivity contribution in [3.63, 3.8) is 0 Å². The quantitative estimate of drug-likeness (QED) is 0.523. The molecule has 170 valence electrons. The van der Waals surface area contributed by atoms with Crippen molar-refractivity contribution < 1.29 is 19.4 Å². The highest BCUT2D eigenvalue weighted by atomic mass is 16.5. The van der Waals surface area contributed by atoms with Crippen molar-refractivity contribution in [2.75, 3.05) is 40.0 Å². The second-order valence-corrected chi connectivity index (χ2v) is 8.28. The standard InChI is InChI=1S/C25H31N3O4/c1-31-16-15-28-23-5-3-2-4-22(23)26-25(28)20-10-12-27(13-11-20)14-17-32-21-8-6-19(7-9-21)18-24(29)30/h2-9,20H,10-18H2,1H3,(H,29,30). The molecule has 1 N–H and O–H groups in total. The van der Waals surface area contributed by atoms with E-state index in [2.05, 4.69) is 27.7 Å². The van der Waals surface area contributed by atoms with Crippen molar-refractivity contribution in [2.24, 2.45) is 0 Å². The maximum atomic E-state index is 10.8. The molecule has 0 aliphatic carbocycles. The van der Waals surface area contributed by atoms with E-state index in [4.69, 9.17) is 19.6 Å². The number of nitrogens with zero attached hydrogens (tertiary/aromatic N) is 3. The van der Waals surface area contributed by atoms with Crippen LogP contribution < -0.4 is 4.74 Å². The molecule has 0 bridgehead atoms. The minimum absolute atomic E-state index is 0.0362. The molecule has 1 aromatic heterocycles. The first-order chi connectivity index (χ1) is 15.6. The zero-order valence-electron chi connectivity index (χ0n) is 18.6. The number of fused-ring (bicyclic) bond motifs is 1. The summed E-state index contributed by atoms with van der Waals surface area (Å²) in [6.07, 6.45) is 2.20. The van der Waals surface area contributed by atoms with Crippen molar-refractivity contribution in [2.45, 2.75) is 31.7 Å². The smallest absolute Gasteiger partial charge is 0.307 e. The minimum atomic E-state index is -0.823. The molecule has 3 aromatic rings. The van der Waals surface area contributed by atoms with Gasteiger partial charge in [-0.05, 0) is 55.8 Å². The summed E-state index contributed by atoms with van der Waals surface area (Å²) in [5.41, 5.74) is 3.03. The number of likely N-dealkylation sites (tertiary alicyclic amines) is 1. The lowest BCUT2D eigenvalue weighted by atomic mass is 9.96. The van der Waals surface area contributed by atoms with Crippen LogP contribution in [0.3, 0.4) is 0 Å². The molecule has 1 fully saturated rings. The summed E-state index contributed by atoms with van der Waals surface area (Å²) in [6, 6.07) is 15.6. The number of hydrogen-bond acceptors (Lipinski definition) is 5. The zero-order valence-corrected chi connectivity index (χ0v) is 18.6. The second kappa shape index (κ2) is 10.6. The fourth-order valence-electron chi connectivity index (χ4n) is 4.41. The van der Waals surface area contributed by atoms with Crippen LogP contribution in [0.4, 0.5) is 0 Å². The fourth-order valence-corrected chi connectivity index (χ4v) is 4.41. The van der Waals surface area contributed by atoms with Gasteiger partial charge in [-0.3, -0.25) is 9.69 Å². The summed E-state index contributed by atoms with van der Waals surface area (Å²) in [7, 11) is 1.74. The molecule has 4 rings (SSSR count). The van der Waals surface area contributed by atoms with Crippen LogP contribution in [0.5, 0.6) is 5.75 Å². The molecule has 32 heavy (non-hydrogen) atoms. The Balaban J connectivity index is 1.28. The van der Waals surface area contributed by atoms with Gasteiger partial charge in [0.05, 0.1) is 24.1 Å². The number of carboxylic acids is 1. The number of para-hydroxylation sites is 2. The molecule has 0 saturated carbocycles. The van der Waals surface area contributed by atoms with Gasteiger partial charge in [-0.1, -0.05) is 24.3 Å². The van der Waals surface area contributed by atoms with Crippen molar-refractivity contribution in [3.05, 3.63) is 59.9 Å². The summed E-state index contributed by atoms with van der Waals surface area (Å²) in [4.78, 5) is 18.2. The Bertz CT molecular complexity index is 1020. The number of imidazole rings is 1. The number of aromatic nitrogens is 2. The zero-order chi connectivity index (χ0) is 22.3. The van der Waals surface area contributed by atoms with Crippen molar-refractivity contribution >= 4 is 17.0 Å². The van der Waals surface area contributed by atoms with Crippen molar-refractivity contribution in [1.82, 2.24) is 14.5 Å². The number of methoxy groups -OCH3 is 1. The lowest BCUT2D eigenvalue weighted by molar-refractivity contribution is -0.136. The van der Waals surface area contributed by atoms with Gasteiger partial charge in [0.25, 0.3) is 0 Å². The molecular formula is C25H31N3O4. The van der Waals surface area contributed by atoms with Gasteiger partial charge in [0.2, 0.25) is 0 Å². The summed E-state index contributed by atoms with van der Waals surface area (Å²) < 4.78 is 13.5. The number of benzene rings is 2. The molecule has 0 spiro atoms. The van der Waals surface area contributed by atoms with Crippen LogP contribution in [0.2, 0.25) is 0 Å². The maximum Gasteiger partial charge on any atom is 0.307 e. The van der Waals surface area contributed by atoms with Gasteiger partial charge in [-0.15, -0.1) is 0 Å². The molecule has 7 heteroatoms. The molecule has 2 heterocycles. The number of hydrogen-bond donors (Lipinski definition) is 1. The van der Waals surface area contributed by atoms with Crippen molar-refractivity contribution in [3.8, 4) is 5.75 Å². The second-order valence-electron chi connectivity index (χ2n) is 8.28. The summed E-state index contributed by atoms with van der Waals surface area (Å²) in [5, 5.41) is 8.86. The SMILES string of the molecule is COCCn1c(C2CCN(CCOc3ccc(CC(=O)O)cc3)CC2)nc2ccccc21. The fraction of sp³-hybridized carbons (Fsp3) is 0.440. The van der Waals surface area contributed by atoms with Gasteiger partial charge in [-0.25, -0.2) is 4.98 Å². The average molecular weight is 438 g/mol. The largest absolute Gasteiger partial charge is 0.492 e. The van der Waals surface area contributed by atoms with Gasteiger partial charge in [0, 0.05) is 26.1 Å². The van der Waals surface area contributed by atoms with E-state index in [-0.39, 0.29) is 6.42 Å². The Hall–Kier alpha value is -2.90. The molecule has 0 amide bonds. The van der Waals surface area contributed by atoms with Crippen LogP contribution in [0, 0.1) is 0 Å². The molecule has 1 aliphatic rings. The first kappa shape index (κ1) is 22.3. The van der Waals surface area contributed by atoms with Gasteiger partial charge in [-0.2, -0.15) is 0 Å². The number of ether oxygens (including phenoxy) is 2. The topological polar surface area (TPSA) is 76.8 Å². The van der Waals surface area contributed by atoms with Gasteiger partial charge in [0.15, 0.2) is 0 Å². The van der Waals surface area contributed by atoms with E-state index in [9.17, 15) is 4.79 Å². The molecule has 2 aromatic carbocycles. The molecule has 1 saturated heterocycles. The van der Waals surface area contributed by atoms with Crippen LogP contribution >= 0.6 is 0 Å². The van der Waals surface area contributed by atoms with E-state index in [1.165, 1.54) is 11.3 Å². The number of carbonyl (C=O) groups is 1. The highest BCUT2D eigenvalue weighted by Crippen LogP contribution is 2.30. The highest BCUT2D eigenvalue weighted by molar-refractivity contribution is 5.76. The Morgan fingerprint density at radius 2 is 1.81 bits per heavy atom. The summed E-state index contributed by atoms with van der Waals surface area (Å²) in [5.74, 6) is 1.59. The van der Waals surface area contributed by atoms with Crippen LogP contribution in [-0.4, -0.2) is 65.5 Å². The maximum absolute atomic E-state index is 10.8. The summed E-state index contributed by atoms with van der Waals surface area (Å²) >= 11 is 0. The molecular weight excluding hydrogens is 406 g/mol. The van der Waals surface area contributed by atoms with E-state index in [1.807, 2.05) is 30.3 Å². The first-order valence-corrected chi connectivity index (χ1v) is 11.2. The van der Waals surface area contributed by atoms with Crippen LogP contribution in [0.15, 0.2) is 48.5 Å². The molecule has 0 radical (unpaired) electrons. The molecule has 0 atom stereocenters. The third-order valence-corrected chi connectivity index (χ3v) is 6.11. The molecule has 7 nitrogen and oxygen atoms in total. The predicted octanol–water partition coefficient (Wildman–Crippen LogP) is 3.57. The van der Waals surface area contributed by atoms with E-state index in [1.54, 1.807) is 7.11 Å². The number of aliphatic carboxylic acids is 1. The Morgan fingerprint density at radius 1 is 1.06 bits per heavy atom. The third-order valence-electron chi connectivity index (χ3n) is 6.11. The van der Waals surface area contributed by atoms with Crippen LogP contribution in [0.25, 0.3) is 11.0 Å². The number of rotatable bonds is 10. The predicted molar refractivity (Wildman–Crippen MR) is 123 cm³/mol. The van der Waals surface area contributed by atoms with Crippen molar-refractivity contribution in [1.29, 1.82) is 0 Å². The van der Waals surface area contributed by atoms with Crippen LogP contribution in [0.1, 0.15) is 30.1 Å². The monoisotopic (exact) mass is 437 g/mol. The van der Waals surface area contributed by atoms with Gasteiger partial charge < -0.3 is 19.1 Å². The third kappa shape index (κ3) is 5.47. The Labute approximate surface area is 188 Å². The van der Waals surface area contributed by atoms with E-state index < -0.39 is 5.97 Å². The normalized spacial score (nSPS) is 15.3. The number of piperidine rings is 1. The van der Waals surface area contributed by atoms with E-state index in [0.29, 0.717) is 19.1 Å².